The first-order valence-electron chi connectivity index (χ1n) is 4.35. The summed E-state index contributed by atoms with van der Waals surface area (Å²) in [4.78, 5) is 4.51. The van der Waals surface area contributed by atoms with E-state index in [1.807, 2.05) is 6.20 Å². The third kappa shape index (κ3) is 1.94. The first kappa shape index (κ1) is 9.45. The topological polar surface area (TPSA) is 12.9 Å². The average molecular weight is 179 g/mol. The summed E-state index contributed by atoms with van der Waals surface area (Å²) in [5, 5.41) is 1.34. The fraction of sp³-hybridized carbons (Fsp3) is 0.500. The molecule has 1 nitrogen and oxygen atoms in total. The van der Waals surface area contributed by atoms with Crippen LogP contribution >= 0.6 is 0 Å². The highest BCUT2D eigenvalue weighted by Gasteiger charge is 2.19. The van der Waals surface area contributed by atoms with E-state index in [1.54, 1.807) is 0 Å². The van der Waals surface area contributed by atoms with Gasteiger partial charge in [0.15, 0.2) is 0 Å². The Bertz CT molecular complexity index is 286. The number of hydrogen-bond acceptors (Lipinski definition) is 1. The number of pyridine rings is 1. The Hall–Kier alpha value is -0.633. The van der Waals surface area contributed by atoms with E-state index in [9.17, 15) is 0 Å². The SMILES string of the molecule is Cc1cnc([Si](C)(C)C)c(C)c1. The maximum absolute atomic E-state index is 4.51. The fourth-order valence-corrected chi connectivity index (χ4v) is 3.21. The molecule has 1 heterocycles. The molecule has 0 aromatic carbocycles. The summed E-state index contributed by atoms with van der Waals surface area (Å²) in [6.07, 6.45) is 1.97. The molecule has 1 rings (SSSR count). The van der Waals surface area contributed by atoms with Gasteiger partial charge in [0.25, 0.3) is 0 Å². The van der Waals surface area contributed by atoms with Crippen molar-refractivity contribution in [2.45, 2.75) is 33.5 Å². The Labute approximate surface area is 75.9 Å². The molecular weight excluding hydrogens is 162 g/mol. The van der Waals surface area contributed by atoms with Gasteiger partial charge in [-0.15, -0.1) is 0 Å². The minimum absolute atomic E-state index is 1.21. The number of aryl methyl sites for hydroxylation is 2. The van der Waals surface area contributed by atoms with Crippen molar-refractivity contribution in [2.75, 3.05) is 0 Å². The lowest BCUT2D eigenvalue weighted by Crippen LogP contribution is -2.41. The molecule has 0 bridgehead atoms. The summed E-state index contributed by atoms with van der Waals surface area (Å²) >= 11 is 0. The average Bonchev–Trinajstić information content (AvgIpc) is 1.83. The number of hydrogen-bond donors (Lipinski definition) is 0. The van der Waals surface area contributed by atoms with Gasteiger partial charge >= 0.3 is 0 Å². The number of aromatic nitrogens is 1. The summed E-state index contributed by atoms with van der Waals surface area (Å²) in [7, 11) is -1.21. The summed E-state index contributed by atoms with van der Waals surface area (Å²) in [6, 6.07) is 2.22. The zero-order chi connectivity index (χ0) is 9.35. The molecular formula is C10H17NSi. The molecule has 0 spiro atoms. The molecule has 0 fully saturated rings. The molecule has 0 radical (unpaired) electrons. The summed E-state index contributed by atoms with van der Waals surface area (Å²) in [5.74, 6) is 0. The Morgan fingerprint density at radius 2 is 1.75 bits per heavy atom. The molecule has 12 heavy (non-hydrogen) atoms. The van der Waals surface area contributed by atoms with Crippen LogP contribution in [0.4, 0.5) is 0 Å². The number of nitrogens with zero attached hydrogens (tertiary/aromatic N) is 1. The van der Waals surface area contributed by atoms with Crippen LogP contribution in [0.5, 0.6) is 0 Å². The maximum Gasteiger partial charge on any atom is 0.102 e. The third-order valence-corrected chi connectivity index (χ3v) is 3.87. The van der Waals surface area contributed by atoms with Gasteiger partial charge in [0.05, 0.1) is 0 Å². The van der Waals surface area contributed by atoms with Crippen LogP contribution in [0.2, 0.25) is 19.6 Å². The Balaban J connectivity index is 3.19. The van der Waals surface area contributed by atoms with Crippen LogP contribution in [0, 0.1) is 13.8 Å². The maximum atomic E-state index is 4.51. The van der Waals surface area contributed by atoms with Crippen LogP contribution < -0.4 is 5.32 Å². The van der Waals surface area contributed by atoms with Gasteiger partial charge in [-0.1, -0.05) is 25.7 Å². The van der Waals surface area contributed by atoms with Gasteiger partial charge in [0, 0.05) is 11.5 Å². The quantitative estimate of drug-likeness (QED) is 0.603. The largest absolute Gasteiger partial charge is 0.266 e. The van der Waals surface area contributed by atoms with E-state index in [1.165, 1.54) is 16.4 Å². The second kappa shape index (κ2) is 3.02. The lowest BCUT2D eigenvalue weighted by atomic mass is 10.2. The molecule has 0 atom stereocenters. The predicted molar refractivity (Wildman–Crippen MR) is 56.7 cm³/mol. The molecule has 66 valence electrons. The van der Waals surface area contributed by atoms with E-state index in [0.717, 1.165) is 0 Å². The minimum Gasteiger partial charge on any atom is -0.266 e. The molecule has 1 aromatic heterocycles. The van der Waals surface area contributed by atoms with Crippen molar-refractivity contribution in [3.05, 3.63) is 23.4 Å². The molecule has 0 aliphatic heterocycles. The lowest BCUT2D eigenvalue weighted by molar-refractivity contribution is 1.25. The van der Waals surface area contributed by atoms with E-state index < -0.39 is 8.07 Å². The van der Waals surface area contributed by atoms with Crippen LogP contribution in [-0.4, -0.2) is 13.1 Å². The van der Waals surface area contributed by atoms with Crippen molar-refractivity contribution in [2.24, 2.45) is 0 Å². The fourth-order valence-electron chi connectivity index (χ4n) is 1.50. The summed E-state index contributed by atoms with van der Waals surface area (Å²) in [5.41, 5.74) is 2.61. The molecule has 2 heteroatoms. The van der Waals surface area contributed by atoms with Gasteiger partial charge in [-0.3, -0.25) is 4.98 Å². The highest BCUT2D eigenvalue weighted by molar-refractivity contribution is 6.88. The van der Waals surface area contributed by atoms with Crippen molar-refractivity contribution in [3.63, 3.8) is 0 Å². The second-order valence-electron chi connectivity index (χ2n) is 4.43. The van der Waals surface area contributed by atoms with Crippen LogP contribution in [0.15, 0.2) is 12.3 Å². The highest BCUT2D eigenvalue weighted by Crippen LogP contribution is 2.05. The first-order chi connectivity index (χ1) is 5.41. The van der Waals surface area contributed by atoms with E-state index in [4.69, 9.17) is 0 Å². The van der Waals surface area contributed by atoms with Gasteiger partial charge in [0.1, 0.15) is 8.07 Å². The van der Waals surface area contributed by atoms with Gasteiger partial charge in [-0.05, 0) is 25.0 Å². The zero-order valence-corrected chi connectivity index (χ0v) is 9.60. The summed E-state index contributed by atoms with van der Waals surface area (Å²) in [6.45, 7) is 11.2. The number of rotatable bonds is 1. The normalized spacial score (nSPS) is 11.8. The van der Waals surface area contributed by atoms with Gasteiger partial charge in [-0.25, -0.2) is 0 Å². The minimum atomic E-state index is -1.21. The van der Waals surface area contributed by atoms with E-state index >= 15 is 0 Å². The molecule has 0 saturated heterocycles. The molecule has 0 amide bonds. The third-order valence-electron chi connectivity index (χ3n) is 1.93. The van der Waals surface area contributed by atoms with E-state index in [0.29, 0.717) is 0 Å². The highest BCUT2D eigenvalue weighted by atomic mass is 28.3. The standard InChI is InChI=1S/C10H17NSi/c1-8-6-9(2)10(11-7-8)12(3,4)5/h6-7H,1-5H3. The van der Waals surface area contributed by atoms with Crippen molar-refractivity contribution in [1.29, 1.82) is 0 Å². The lowest BCUT2D eigenvalue weighted by Gasteiger charge is -2.17. The molecule has 0 aliphatic carbocycles. The van der Waals surface area contributed by atoms with Gasteiger partial charge in [-0.2, -0.15) is 0 Å². The van der Waals surface area contributed by atoms with E-state index in [-0.39, 0.29) is 0 Å². The van der Waals surface area contributed by atoms with E-state index in [2.05, 4.69) is 44.5 Å². The molecule has 0 unspecified atom stereocenters. The van der Waals surface area contributed by atoms with Crippen LogP contribution in [0.3, 0.4) is 0 Å². The Kier molecular flexibility index (Phi) is 2.38. The molecule has 0 aliphatic rings. The van der Waals surface area contributed by atoms with Crippen LogP contribution in [0.25, 0.3) is 0 Å². The van der Waals surface area contributed by atoms with Crippen molar-refractivity contribution >= 4 is 13.4 Å². The first-order valence-corrected chi connectivity index (χ1v) is 7.85. The van der Waals surface area contributed by atoms with Crippen LogP contribution in [-0.2, 0) is 0 Å². The van der Waals surface area contributed by atoms with Crippen LogP contribution in [0.1, 0.15) is 11.1 Å². The molecule has 0 N–H and O–H groups in total. The van der Waals surface area contributed by atoms with Crippen molar-refractivity contribution in [1.82, 2.24) is 4.98 Å². The smallest absolute Gasteiger partial charge is 0.102 e. The molecule has 0 saturated carbocycles. The Morgan fingerprint density at radius 1 is 1.17 bits per heavy atom. The molecule has 1 aromatic rings. The Morgan fingerprint density at radius 3 is 2.17 bits per heavy atom. The van der Waals surface area contributed by atoms with Gasteiger partial charge in [0.2, 0.25) is 0 Å². The zero-order valence-electron chi connectivity index (χ0n) is 8.60. The monoisotopic (exact) mass is 179 g/mol. The van der Waals surface area contributed by atoms with Crippen molar-refractivity contribution in [3.8, 4) is 0 Å². The summed E-state index contributed by atoms with van der Waals surface area (Å²) < 4.78 is 0. The predicted octanol–water partition coefficient (Wildman–Crippen LogP) is 2.24. The second-order valence-corrected chi connectivity index (χ2v) is 9.40. The van der Waals surface area contributed by atoms with Crippen molar-refractivity contribution < 1.29 is 0 Å². The van der Waals surface area contributed by atoms with Gasteiger partial charge < -0.3 is 0 Å².